The molecule has 0 bridgehead atoms. The van der Waals surface area contributed by atoms with Gasteiger partial charge in [0, 0.05) is 44.3 Å². The van der Waals surface area contributed by atoms with Gasteiger partial charge in [-0.3, -0.25) is 4.99 Å². The van der Waals surface area contributed by atoms with Crippen LogP contribution in [0.4, 0.5) is 24.8 Å². The molecule has 2 aromatic heterocycles. The Labute approximate surface area is 226 Å². The number of anilines is 2. The van der Waals surface area contributed by atoms with Crippen molar-refractivity contribution in [3.05, 3.63) is 58.8 Å². The molecule has 1 saturated heterocycles. The first kappa shape index (κ1) is 26.5. The lowest BCUT2D eigenvalue weighted by Gasteiger charge is -2.17. The normalized spacial score (nSPS) is 18.8. The van der Waals surface area contributed by atoms with Crippen molar-refractivity contribution >= 4 is 46.8 Å². The highest BCUT2D eigenvalue weighted by molar-refractivity contribution is 6.36. The lowest BCUT2D eigenvalue weighted by molar-refractivity contribution is -0.137. The Hall–Kier alpha value is -4.10. The Bertz CT molecular complexity index is 1520. The summed E-state index contributed by atoms with van der Waals surface area (Å²) in [6.45, 7) is 1.45. The summed E-state index contributed by atoms with van der Waals surface area (Å²) in [4.78, 5) is 14.8. The zero-order valence-electron chi connectivity index (χ0n) is 20.9. The van der Waals surface area contributed by atoms with E-state index in [1.807, 2.05) is 7.05 Å². The number of rotatable bonds is 7. The van der Waals surface area contributed by atoms with Gasteiger partial charge in [-0.25, -0.2) is 4.98 Å². The zero-order chi connectivity index (χ0) is 27.7. The van der Waals surface area contributed by atoms with Gasteiger partial charge in [0.1, 0.15) is 28.1 Å². The van der Waals surface area contributed by atoms with Crippen LogP contribution in [0.3, 0.4) is 0 Å². The summed E-state index contributed by atoms with van der Waals surface area (Å²) in [5.41, 5.74) is 0.376. The number of pyridine rings is 1. The average Bonchev–Trinajstić information content (AvgIpc) is 3.45. The molecular formula is C25H24ClF3N8O2. The maximum absolute atomic E-state index is 13.7. The van der Waals surface area contributed by atoms with Crippen LogP contribution in [0.15, 0.2) is 53.2 Å². The lowest BCUT2D eigenvalue weighted by atomic mass is 10.1. The number of aromatic nitrogens is 3. The summed E-state index contributed by atoms with van der Waals surface area (Å²) < 4.78 is 54.3. The molecule has 1 fully saturated rings. The van der Waals surface area contributed by atoms with Gasteiger partial charge < -0.3 is 35.0 Å². The van der Waals surface area contributed by atoms with Crippen LogP contribution >= 0.6 is 11.6 Å². The van der Waals surface area contributed by atoms with E-state index in [-0.39, 0.29) is 45.7 Å². The predicted octanol–water partition coefficient (Wildman–Crippen LogP) is 4.85. The molecule has 0 amide bonds. The number of aliphatic imine (C=N–C) groups is 1. The van der Waals surface area contributed by atoms with Gasteiger partial charge in [-0.05, 0) is 25.6 Å². The number of ether oxygens (including phenoxy) is 2. The van der Waals surface area contributed by atoms with Crippen LogP contribution in [-0.4, -0.2) is 58.1 Å². The van der Waals surface area contributed by atoms with Crippen LogP contribution < -0.4 is 20.1 Å². The SMILES string of the molecule is CN1CC[C@@H](Oc2cc(Nc3nc4ncc(O/C(C=N)=C5\C=NC=CN5)c(Cl)c4n3C)cc(C(F)(F)F)c2)C1. The fourth-order valence-corrected chi connectivity index (χ4v) is 4.55. The number of hydrogen-bond acceptors (Lipinski definition) is 9. The monoisotopic (exact) mass is 560 g/mol. The summed E-state index contributed by atoms with van der Waals surface area (Å²) in [6.07, 6.45) is 2.94. The molecule has 0 saturated carbocycles. The predicted molar refractivity (Wildman–Crippen MR) is 142 cm³/mol. The smallest absolute Gasteiger partial charge is 0.416 e. The van der Waals surface area contributed by atoms with Crippen molar-refractivity contribution in [3.63, 3.8) is 0 Å². The van der Waals surface area contributed by atoms with Crippen molar-refractivity contribution in [2.24, 2.45) is 12.0 Å². The molecule has 204 valence electrons. The Morgan fingerprint density at radius 2 is 2.10 bits per heavy atom. The number of allylic oxidation sites excluding steroid dienone is 2. The average molecular weight is 561 g/mol. The lowest BCUT2D eigenvalue weighted by Crippen LogP contribution is -2.21. The van der Waals surface area contributed by atoms with Crippen LogP contribution in [0.1, 0.15) is 12.0 Å². The van der Waals surface area contributed by atoms with Crippen molar-refractivity contribution in [1.82, 2.24) is 24.8 Å². The molecule has 1 atom stereocenters. The number of fused-ring (bicyclic) bond motifs is 1. The molecule has 3 aromatic rings. The number of likely N-dealkylation sites (N-methyl/N-ethyl adjacent to an activating group) is 1. The standard InChI is InChI=1S/C25H24ClF3N8O2/c1-36-6-3-16(13-36)38-17-8-14(25(27,28)29)7-15(9-17)34-24-35-23-22(37(24)2)21(26)20(12-33-23)39-19(10-30)18-11-31-4-5-32-18/h4-5,7-12,16,30,32H,3,6,13H2,1-2H3,(H,33,34,35)/b19-18+,30-10?/t16-/m1/s1. The van der Waals surface area contributed by atoms with Gasteiger partial charge in [-0.2, -0.15) is 18.2 Å². The first-order valence-corrected chi connectivity index (χ1v) is 12.2. The van der Waals surface area contributed by atoms with Crippen LogP contribution in [0.5, 0.6) is 11.5 Å². The van der Waals surface area contributed by atoms with Crippen molar-refractivity contribution < 1.29 is 22.6 Å². The highest BCUT2D eigenvalue weighted by Crippen LogP contribution is 2.37. The molecule has 14 heteroatoms. The maximum atomic E-state index is 13.7. The largest absolute Gasteiger partial charge is 0.489 e. The van der Waals surface area contributed by atoms with E-state index in [1.54, 1.807) is 24.0 Å². The van der Waals surface area contributed by atoms with E-state index in [1.165, 1.54) is 18.5 Å². The number of aryl methyl sites for hydroxylation is 1. The number of nitrogens with zero attached hydrogens (tertiary/aromatic N) is 5. The van der Waals surface area contributed by atoms with Crippen molar-refractivity contribution in [2.45, 2.75) is 18.7 Å². The quantitative estimate of drug-likeness (QED) is 0.280. The van der Waals surface area contributed by atoms with Gasteiger partial charge in [0.2, 0.25) is 5.95 Å². The molecular weight excluding hydrogens is 537 g/mol. The van der Waals surface area contributed by atoms with E-state index in [0.717, 1.165) is 31.3 Å². The number of halogens is 4. The number of alkyl halides is 3. The number of nitrogens with one attached hydrogen (secondary N) is 3. The van der Waals surface area contributed by atoms with Gasteiger partial charge in [0.25, 0.3) is 0 Å². The second-order valence-electron chi connectivity index (χ2n) is 9.03. The molecule has 5 rings (SSSR count). The molecule has 0 unspecified atom stereocenters. The minimum atomic E-state index is -4.57. The third kappa shape index (κ3) is 5.68. The molecule has 0 aliphatic carbocycles. The molecule has 0 radical (unpaired) electrons. The first-order chi connectivity index (χ1) is 18.6. The van der Waals surface area contributed by atoms with Crippen LogP contribution in [-0.2, 0) is 13.2 Å². The zero-order valence-corrected chi connectivity index (χ0v) is 21.6. The fraction of sp³-hybridized carbons (Fsp3) is 0.280. The molecule has 1 aromatic carbocycles. The van der Waals surface area contributed by atoms with E-state index in [4.69, 9.17) is 26.5 Å². The molecule has 0 spiro atoms. The van der Waals surface area contributed by atoms with Gasteiger partial charge >= 0.3 is 6.18 Å². The van der Waals surface area contributed by atoms with Crippen molar-refractivity contribution in [3.8, 4) is 11.5 Å². The molecule has 2 aliphatic heterocycles. The summed E-state index contributed by atoms with van der Waals surface area (Å²) in [5, 5.41) is 13.7. The van der Waals surface area contributed by atoms with Gasteiger partial charge in [0.15, 0.2) is 17.2 Å². The summed E-state index contributed by atoms with van der Waals surface area (Å²) >= 11 is 6.63. The fourth-order valence-electron chi connectivity index (χ4n) is 4.25. The van der Waals surface area contributed by atoms with Crippen LogP contribution in [0, 0.1) is 5.41 Å². The third-order valence-electron chi connectivity index (χ3n) is 6.17. The molecule has 10 nitrogen and oxygen atoms in total. The molecule has 39 heavy (non-hydrogen) atoms. The third-order valence-corrected chi connectivity index (χ3v) is 6.53. The minimum absolute atomic E-state index is 0.111. The first-order valence-electron chi connectivity index (χ1n) is 11.8. The molecule has 4 heterocycles. The van der Waals surface area contributed by atoms with E-state index in [2.05, 4.69) is 30.5 Å². The summed E-state index contributed by atoms with van der Waals surface area (Å²) in [7, 11) is 3.58. The Kier molecular flexibility index (Phi) is 7.19. The Morgan fingerprint density at radius 1 is 1.28 bits per heavy atom. The topological polar surface area (TPSA) is 113 Å². The number of hydrogen-bond donors (Lipinski definition) is 3. The van der Waals surface area contributed by atoms with Gasteiger partial charge in [0.05, 0.1) is 24.2 Å². The Morgan fingerprint density at radius 3 is 2.77 bits per heavy atom. The second kappa shape index (κ2) is 10.6. The summed E-state index contributed by atoms with van der Waals surface area (Å²) in [5.74, 6) is 0.627. The van der Waals surface area contributed by atoms with E-state index in [0.29, 0.717) is 17.8 Å². The van der Waals surface area contributed by atoms with E-state index < -0.39 is 11.7 Å². The van der Waals surface area contributed by atoms with E-state index >= 15 is 0 Å². The number of imidazole rings is 1. The van der Waals surface area contributed by atoms with Crippen molar-refractivity contribution in [1.29, 1.82) is 5.41 Å². The number of benzene rings is 1. The van der Waals surface area contributed by atoms with Gasteiger partial charge in [-0.15, -0.1) is 0 Å². The minimum Gasteiger partial charge on any atom is -0.489 e. The van der Waals surface area contributed by atoms with E-state index in [9.17, 15) is 13.2 Å². The van der Waals surface area contributed by atoms with Crippen LogP contribution in [0.2, 0.25) is 5.02 Å². The summed E-state index contributed by atoms with van der Waals surface area (Å²) in [6, 6.07) is 3.50. The number of likely N-dealkylation sites (tertiary alicyclic amines) is 1. The van der Waals surface area contributed by atoms with Crippen LogP contribution in [0.25, 0.3) is 11.2 Å². The second-order valence-corrected chi connectivity index (χ2v) is 9.40. The van der Waals surface area contributed by atoms with Crippen molar-refractivity contribution in [2.75, 3.05) is 25.5 Å². The highest BCUT2D eigenvalue weighted by atomic mass is 35.5. The Balaban J connectivity index is 1.46. The molecule has 3 N–H and O–H groups in total. The molecule has 2 aliphatic rings. The maximum Gasteiger partial charge on any atom is 0.416 e. The van der Waals surface area contributed by atoms with Gasteiger partial charge in [-0.1, -0.05) is 11.6 Å². The highest BCUT2D eigenvalue weighted by Gasteiger charge is 2.32.